The summed E-state index contributed by atoms with van der Waals surface area (Å²) >= 11 is 1.86. The van der Waals surface area contributed by atoms with Crippen LogP contribution in [0.3, 0.4) is 0 Å². The van der Waals surface area contributed by atoms with E-state index in [2.05, 4.69) is 11.6 Å². The van der Waals surface area contributed by atoms with Crippen molar-refractivity contribution in [2.24, 2.45) is 0 Å². The molecule has 2 fully saturated rings. The van der Waals surface area contributed by atoms with E-state index in [1.54, 1.807) is 6.07 Å². The minimum absolute atomic E-state index is 0.0366. The molecule has 3 rings (SSSR count). The number of thioether (sulfide) groups is 1. The van der Waals surface area contributed by atoms with Gasteiger partial charge in [-0.2, -0.15) is 11.8 Å². The third-order valence-electron chi connectivity index (χ3n) is 4.11. The van der Waals surface area contributed by atoms with Crippen molar-refractivity contribution in [2.45, 2.75) is 49.4 Å². The Bertz CT molecular complexity index is 481. The van der Waals surface area contributed by atoms with E-state index in [1.807, 2.05) is 22.5 Å². The molecule has 104 valence electrons. The van der Waals surface area contributed by atoms with Gasteiger partial charge in [-0.15, -0.1) is 0 Å². The summed E-state index contributed by atoms with van der Waals surface area (Å²) in [6.45, 7) is 0. The zero-order chi connectivity index (χ0) is 13.4. The van der Waals surface area contributed by atoms with E-state index >= 15 is 0 Å². The molecule has 1 heterocycles. The first-order chi connectivity index (χ1) is 9.19. The average molecular weight is 279 g/mol. The van der Waals surface area contributed by atoms with Crippen LogP contribution in [0.15, 0.2) is 12.3 Å². The van der Waals surface area contributed by atoms with E-state index in [0.717, 1.165) is 25.0 Å². The molecule has 0 saturated heterocycles. The smallest absolute Gasteiger partial charge is 0.268 e. The fourth-order valence-corrected chi connectivity index (χ4v) is 3.89. The van der Waals surface area contributed by atoms with Crippen LogP contribution in [0.25, 0.3) is 0 Å². The molecule has 0 spiro atoms. The molecule has 2 saturated carbocycles. The molecule has 2 aliphatic carbocycles. The largest absolute Gasteiger partial charge is 0.397 e. The highest BCUT2D eigenvalue weighted by atomic mass is 32.2. The first-order valence-corrected chi connectivity index (χ1v) is 8.29. The SMILES string of the molecule is CSC1CCCC1NC(=O)c1cc(N)cn1C1CC1. The van der Waals surface area contributed by atoms with Crippen molar-refractivity contribution < 1.29 is 4.79 Å². The van der Waals surface area contributed by atoms with Crippen molar-refractivity contribution >= 4 is 23.4 Å². The Morgan fingerprint density at radius 2 is 2.21 bits per heavy atom. The Balaban J connectivity index is 1.73. The lowest BCUT2D eigenvalue weighted by Gasteiger charge is -2.19. The molecule has 19 heavy (non-hydrogen) atoms. The highest BCUT2D eigenvalue weighted by Gasteiger charge is 2.31. The average Bonchev–Trinajstić information content (AvgIpc) is 3.02. The maximum absolute atomic E-state index is 12.4. The van der Waals surface area contributed by atoms with Gasteiger partial charge in [-0.3, -0.25) is 4.79 Å². The van der Waals surface area contributed by atoms with Gasteiger partial charge in [0.05, 0.1) is 5.69 Å². The lowest BCUT2D eigenvalue weighted by Crippen LogP contribution is -2.39. The minimum Gasteiger partial charge on any atom is -0.397 e. The number of nitrogen functional groups attached to an aromatic ring is 1. The Morgan fingerprint density at radius 3 is 2.89 bits per heavy atom. The minimum atomic E-state index is 0.0366. The fraction of sp³-hybridized carbons (Fsp3) is 0.643. The predicted octanol–water partition coefficient (Wildman–Crippen LogP) is 2.42. The summed E-state index contributed by atoms with van der Waals surface area (Å²) < 4.78 is 2.05. The zero-order valence-corrected chi connectivity index (χ0v) is 12.1. The second kappa shape index (κ2) is 5.12. The van der Waals surface area contributed by atoms with Gasteiger partial charge in [0, 0.05) is 23.5 Å². The van der Waals surface area contributed by atoms with E-state index in [0.29, 0.717) is 23.0 Å². The van der Waals surface area contributed by atoms with E-state index in [-0.39, 0.29) is 5.91 Å². The first kappa shape index (κ1) is 12.9. The van der Waals surface area contributed by atoms with E-state index in [4.69, 9.17) is 5.73 Å². The number of hydrogen-bond acceptors (Lipinski definition) is 3. The van der Waals surface area contributed by atoms with Gasteiger partial charge >= 0.3 is 0 Å². The number of nitrogens with one attached hydrogen (secondary N) is 1. The number of rotatable bonds is 4. The Morgan fingerprint density at radius 1 is 1.42 bits per heavy atom. The summed E-state index contributed by atoms with van der Waals surface area (Å²) in [7, 11) is 0. The monoisotopic (exact) mass is 279 g/mol. The topological polar surface area (TPSA) is 60.1 Å². The predicted molar refractivity (Wildman–Crippen MR) is 79.5 cm³/mol. The van der Waals surface area contributed by atoms with Gasteiger partial charge in [0.2, 0.25) is 0 Å². The van der Waals surface area contributed by atoms with Crippen molar-refractivity contribution in [1.82, 2.24) is 9.88 Å². The lowest BCUT2D eigenvalue weighted by molar-refractivity contribution is 0.0929. The highest BCUT2D eigenvalue weighted by molar-refractivity contribution is 7.99. The Kier molecular flexibility index (Phi) is 3.48. The molecule has 0 radical (unpaired) electrons. The van der Waals surface area contributed by atoms with Crippen LogP contribution in [0.4, 0.5) is 5.69 Å². The number of nitrogens with two attached hydrogens (primary N) is 1. The van der Waals surface area contributed by atoms with E-state index < -0.39 is 0 Å². The number of nitrogens with zero attached hydrogens (tertiary/aromatic N) is 1. The molecule has 5 heteroatoms. The summed E-state index contributed by atoms with van der Waals surface area (Å²) in [6, 6.07) is 2.60. The third kappa shape index (κ3) is 2.61. The maximum atomic E-state index is 12.4. The number of aromatic nitrogens is 1. The quantitative estimate of drug-likeness (QED) is 0.890. The lowest BCUT2D eigenvalue weighted by atomic mass is 10.2. The fourth-order valence-electron chi connectivity index (χ4n) is 2.95. The number of carbonyl (C=O) groups is 1. The summed E-state index contributed by atoms with van der Waals surface area (Å²) in [5.74, 6) is 0.0366. The molecular weight excluding hydrogens is 258 g/mol. The van der Waals surface area contributed by atoms with Crippen LogP contribution >= 0.6 is 11.8 Å². The van der Waals surface area contributed by atoms with Gasteiger partial charge in [-0.25, -0.2) is 0 Å². The van der Waals surface area contributed by atoms with Gasteiger partial charge in [0.1, 0.15) is 5.69 Å². The standard InChI is InChI=1S/C14H21N3OS/c1-19-13-4-2-3-11(13)16-14(18)12-7-9(15)8-17(12)10-5-6-10/h7-8,10-11,13H,2-6,15H2,1H3,(H,16,18). The molecule has 2 aliphatic rings. The number of anilines is 1. The molecule has 0 aliphatic heterocycles. The molecule has 1 aromatic heterocycles. The molecule has 3 N–H and O–H groups in total. The van der Waals surface area contributed by atoms with Crippen LogP contribution in [0.5, 0.6) is 0 Å². The van der Waals surface area contributed by atoms with E-state index in [1.165, 1.54) is 12.8 Å². The van der Waals surface area contributed by atoms with Gasteiger partial charge in [-0.1, -0.05) is 6.42 Å². The van der Waals surface area contributed by atoms with Crippen LogP contribution in [0.2, 0.25) is 0 Å². The van der Waals surface area contributed by atoms with Crippen LogP contribution in [-0.4, -0.2) is 28.0 Å². The van der Waals surface area contributed by atoms with Crippen LogP contribution in [0, 0.1) is 0 Å². The van der Waals surface area contributed by atoms with Crippen LogP contribution < -0.4 is 11.1 Å². The van der Waals surface area contributed by atoms with Crippen molar-refractivity contribution in [3.63, 3.8) is 0 Å². The molecule has 4 nitrogen and oxygen atoms in total. The summed E-state index contributed by atoms with van der Waals surface area (Å²) in [4.78, 5) is 12.4. The molecular formula is C14H21N3OS. The summed E-state index contributed by atoms with van der Waals surface area (Å²) in [5, 5.41) is 3.76. The number of hydrogen-bond donors (Lipinski definition) is 2. The molecule has 2 unspecified atom stereocenters. The Labute approximate surface area is 118 Å². The zero-order valence-electron chi connectivity index (χ0n) is 11.3. The molecule has 0 aromatic carbocycles. The van der Waals surface area contributed by atoms with E-state index in [9.17, 15) is 4.79 Å². The molecule has 2 atom stereocenters. The summed E-state index contributed by atoms with van der Waals surface area (Å²) in [5.41, 5.74) is 7.25. The normalized spacial score (nSPS) is 26.6. The molecule has 1 amide bonds. The third-order valence-corrected chi connectivity index (χ3v) is 5.28. The van der Waals surface area contributed by atoms with Crippen LogP contribution in [-0.2, 0) is 0 Å². The van der Waals surface area contributed by atoms with Crippen molar-refractivity contribution in [2.75, 3.05) is 12.0 Å². The molecule has 0 bridgehead atoms. The second-order valence-corrected chi connectivity index (χ2v) is 6.66. The van der Waals surface area contributed by atoms with Crippen molar-refractivity contribution in [3.05, 3.63) is 18.0 Å². The summed E-state index contributed by atoms with van der Waals surface area (Å²) in [6.07, 6.45) is 9.85. The second-order valence-electron chi connectivity index (χ2n) is 5.58. The first-order valence-electron chi connectivity index (χ1n) is 7.00. The Hall–Kier alpha value is -1.10. The van der Waals surface area contributed by atoms with Crippen molar-refractivity contribution in [3.8, 4) is 0 Å². The van der Waals surface area contributed by atoms with Gasteiger partial charge in [0.15, 0.2) is 0 Å². The van der Waals surface area contributed by atoms with Gasteiger partial charge < -0.3 is 15.6 Å². The number of carbonyl (C=O) groups excluding carboxylic acids is 1. The van der Waals surface area contributed by atoms with Crippen molar-refractivity contribution in [1.29, 1.82) is 0 Å². The van der Waals surface area contributed by atoms with Gasteiger partial charge in [-0.05, 0) is 38.0 Å². The van der Waals surface area contributed by atoms with Gasteiger partial charge in [0.25, 0.3) is 5.91 Å². The number of amides is 1. The molecule has 1 aromatic rings. The maximum Gasteiger partial charge on any atom is 0.268 e. The highest BCUT2D eigenvalue weighted by Crippen LogP contribution is 2.37. The van der Waals surface area contributed by atoms with Crippen LogP contribution in [0.1, 0.15) is 48.6 Å².